The zero-order valence-corrected chi connectivity index (χ0v) is 6.76. The summed E-state index contributed by atoms with van der Waals surface area (Å²) in [7, 11) is 0. The Hall–Kier alpha value is -1.06. The van der Waals surface area contributed by atoms with Gasteiger partial charge in [0, 0.05) is 6.54 Å². The van der Waals surface area contributed by atoms with Crippen LogP contribution in [-0.2, 0) is 4.79 Å². The lowest BCUT2D eigenvalue weighted by Gasteiger charge is -2.14. The van der Waals surface area contributed by atoms with Crippen molar-refractivity contribution in [2.24, 2.45) is 5.92 Å². The Kier molecular flexibility index (Phi) is 2.12. The second-order valence-electron chi connectivity index (χ2n) is 3.13. The molecule has 0 atom stereocenters. The molecule has 0 spiro atoms. The van der Waals surface area contributed by atoms with Gasteiger partial charge in [-0.25, -0.2) is 4.79 Å². The number of nitrogens with one attached hydrogen (secondary N) is 1. The van der Waals surface area contributed by atoms with Gasteiger partial charge in [0.2, 0.25) is 5.91 Å². The summed E-state index contributed by atoms with van der Waals surface area (Å²) < 4.78 is 0. The normalized spacial score (nSPS) is 17.9. The van der Waals surface area contributed by atoms with E-state index in [-0.39, 0.29) is 18.5 Å². The zero-order valence-electron chi connectivity index (χ0n) is 6.76. The molecule has 1 saturated heterocycles. The summed E-state index contributed by atoms with van der Waals surface area (Å²) >= 11 is 0. The minimum absolute atomic E-state index is 0.198. The number of hydrogen-bond donors (Lipinski definition) is 1. The van der Waals surface area contributed by atoms with Gasteiger partial charge in [-0.2, -0.15) is 0 Å². The predicted octanol–water partition coefficient (Wildman–Crippen LogP) is 0.194. The fourth-order valence-electron chi connectivity index (χ4n) is 1.07. The van der Waals surface area contributed by atoms with Crippen molar-refractivity contribution >= 4 is 11.9 Å². The van der Waals surface area contributed by atoms with E-state index in [1.54, 1.807) is 0 Å². The lowest BCUT2D eigenvalue weighted by molar-refractivity contribution is -0.118. The van der Waals surface area contributed by atoms with Crippen LogP contribution in [0.3, 0.4) is 0 Å². The predicted molar refractivity (Wildman–Crippen MR) is 39.9 cm³/mol. The van der Waals surface area contributed by atoms with Gasteiger partial charge in [-0.05, 0) is 5.92 Å². The maximum Gasteiger partial charge on any atom is 0.324 e. The standard InChI is InChI=1S/C7H12N2O2/c1-5(2)3-9-4-6(10)8-7(9)11/h5H,3-4H2,1-2H3,(H,8,10,11). The molecule has 1 N–H and O–H groups in total. The van der Waals surface area contributed by atoms with Gasteiger partial charge >= 0.3 is 6.03 Å². The molecule has 1 fully saturated rings. The lowest BCUT2D eigenvalue weighted by Crippen LogP contribution is -2.31. The molecule has 4 heteroatoms. The molecule has 1 heterocycles. The number of amides is 3. The van der Waals surface area contributed by atoms with Gasteiger partial charge in [0.05, 0.1) is 0 Å². The highest BCUT2D eigenvalue weighted by molar-refractivity contribution is 6.01. The summed E-state index contributed by atoms with van der Waals surface area (Å²) in [5, 5.41) is 2.22. The Labute approximate surface area is 65.6 Å². The Morgan fingerprint density at radius 1 is 1.55 bits per heavy atom. The fraction of sp³-hybridized carbons (Fsp3) is 0.714. The Balaban J connectivity index is 2.47. The van der Waals surface area contributed by atoms with Crippen molar-refractivity contribution in [2.75, 3.05) is 13.1 Å². The molecule has 11 heavy (non-hydrogen) atoms. The van der Waals surface area contributed by atoms with Gasteiger partial charge in [-0.15, -0.1) is 0 Å². The van der Waals surface area contributed by atoms with Crippen LogP contribution in [0.15, 0.2) is 0 Å². The van der Waals surface area contributed by atoms with Crippen LogP contribution < -0.4 is 5.32 Å². The second kappa shape index (κ2) is 2.90. The highest BCUT2D eigenvalue weighted by atomic mass is 16.2. The molecule has 1 rings (SSSR count). The molecule has 0 aliphatic carbocycles. The van der Waals surface area contributed by atoms with Gasteiger partial charge in [-0.1, -0.05) is 13.8 Å². The summed E-state index contributed by atoms with van der Waals surface area (Å²) in [5.74, 6) is 0.210. The highest BCUT2D eigenvalue weighted by Crippen LogP contribution is 2.02. The number of urea groups is 1. The van der Waals surface area contributed by atoms with E-state index >= 15 is 0 Å². The van der Waals surface area contributed by atoms with Gasteiger partial charge in [0.1, 0.15) is 6.54 Å². The monoisotopic (exact) mass is 156 g/mol. The van der Waals surface area contributed by atoms with Crippen LogP contribution in [0, 0.1) is 5.92 Å². The van der Waals surface area contributed by atoms with Crippen LogP contribution in [0.5, 0.6) is 0 Å². The molecular weight excluding hydrogens is 144 g/mol. The summed E-state index contributed by atoms with van der Waals surface area (Å²) in [5.41, 5.74) is 0. The molecular formula is C7H12N2O2. The van der Waals surface area contributed by atoms with E-state index in [9.17, 15) is 9.59 Å². The number of hydrogen-bond acceptors (Lipinski definition) is 2. The SMILES string of the molecule is CC(C)CN1CC(=O)NC1=O. The average Bonchev–Trinajstić information content (AvgIpc) is 2.09. The first kappa shape index (κ1) is 8.04. The molecule has 0 radical (unpaired) electrons. The molecule has 4 nitrogen and oxygen atoms in total. The minimum atomic E-state index is -0.260. The molecule has 0 aromatic heterocycles. The Bertz CT molecular complexity index is 189. The van der Waals surface area contributed by atoms with Crippen LogP contribution in [-0.4, -0.2) is 29.9 Å². The van der Waals surface area contributed by atoms with Crippen LogP contribution in [0.25, 0.3) is 0 Å². The highest BCUT2D eigenvalue weighted by Gasteiger charge is 2.26. The third kappa shape index (κ3) is 1.93. The van der Waals surface area contributed by atoms with Crippen molar-refractivity contribution in [2.45, 2.75) is 13.8 Å². The third-order valence-electron chi connectivity index (χ3n) is 1.45. The van der Waals surface area contributed by atoms with Crippen LogP contribution in [0.4, 0.5) is 4.79 Å². The fourth-order valence-corrected chi connectivity index (χ4v) is 1.07. The minimum Gasteiger partial charge on any atom is -0.315 e. The molecule has 0 aromatic rings. The molecule has 3 amide bonds. The van der Waals surface area contributed by atoms with Crippen molar-refractivity contribution in [1.82, 2.24) is 10.2 Å². The zero-order chi connectivity index (χ0) is 8.43. The average molecular weight is 156 g/mol. The van der Waals surface area contributed by atoms with Crippen molar-refractivity contribution in [3.05, 3.63) is 0 Å². The summed E-state index contributed by atoms with van der Waals surface area (Å²) in [6, 6.07) is -0.260. The van der Waals surface area contributed by atoms with E-state index < -0.39 is 0 Å². The number of rotatable bonds is 2. The van der Waals surface area contributed by atoms with E-state index in [1.807, 2.05) is 13.8 Å². The van der Waals surface area contributed by atoms with Gasteiger partial charge in [0.25, 0.3) is 0 Å². The first-order chi connectivity index (χ1) is 5.09. The van der Waals surface area contributed by atoms with Crippen LogP contribution in [0.1, 0.15) is 13.8 Å². The number of imide groups is 1. The summed E-state index contributed by atoms with van der Waals surface area (Å²) in [4.78, 5) is 23.1. The van der Waals surface area contributed by atoms with Crippen molar-refractivity contribution in [3.63, 3.8) is 0 Å². The maximum absolute atomic E-state index is 10.9. The maximum atomic E-state index is 10.9. The molecule has 1 aliphatic heterocycles. The molecule has 0 aromatic carbocycles. The Morgan fingerprint density at radius 3 is 2.55 bits per heavy atom. The van der Waals surface area contributed by atoms with E-state index in [2.05, 4.69) is 5.32 Å². The topological polar surface area (TPSA) is 49.4 Å². The first-order valence-corrected chi connectivity index (χ1v) is 3.68. The molecule has 1 aliphatic rings. The Morgan fingerprint density at radius 2 is 2.18 bits per heavy atom. The van der Waals surface area contributed by atoms with Crippen molar-refractivity contribution in [3.8, 4) is 0 Å². The van der Waals surface area contributed by atoms with E-state index in [0.29, 0.717) is 12.5 Å². The molecule has 62 valence electrons. The van der Waals surface area contributed by atoms with E-state index in [0.717, 1.165) is 0 Å². The van der Waals surface area contributed by atoms with Crippen LogP contribution in [0.2, 0.25) is 0 Å². The summed E-state index contributed by atoms with van der Waals surface area (Å²) in [6.45, 7) is 4.89. The molecule has 0 saturated carbocycles. The van der Waals surface area contributed by atoms with Gasteiger partial charge in [0.15, 0.2) is 0 Å². The number of carbonyl (C=O) groups is 2. The lowest BCUT2D eigenvalue weighted by atomic mass is 10.2. The quantitative estimate of drug-likeness (QED) is 0.580. The van der Waals surface area contributed by atoms with Gasteiger partial charge in [-0.3, -0.25) is 10.1 Å². The number of carbonyl (C=O) groups excluding carboxylic acids is 2. The second-order valence-corrected chi connectivity index (χ2v) is 3.13. The van der Waals surface area contributed by atoms with E-state index in [4.69, 9.17) is 0 Å². The number of nitrogens with zero attached hydrogens (tertiary/aromatic N) is 1. The van der Waals surface area contributed by atoms with Crippen molar-refractivity contribution < 1.29 is 9.59 Å². The van der Waals surface area contributed by atoms with Crippen LogP contribution >= 0.6 is 0 Å². The van der Waals surface area contributed by atoms with Gasteiger partial charge < -0.3 is 4.90 Å². The smallest absolute Gasteiger partial charge is 0.315 e. The largest absolute Gasteiger partial charge is 0.324 e. The van der Waals surface area contributed by atoms with Crippen molar-refractivity contribution in [1.29, 1.82) is 0 Å². The van der Waals surface area contributed by atoms with E-state index in [1.165, 1.54) is 4.90 Å². The summed E-state index contributed by atoms with van der Waals surface area (Å²) in [6.07, 6.45) is 0. The third-order valence-corrected chi connectivity index (χ3v) is 1.45. The first-order valence-electron chi connectivity index (χ1n) is 3.68. The molecule has 0 unspecified atom stereocenters. The molecule has 0 bridgehead atoms.